The van der Waals surface area contributed by atoms with Crippen LogP contribution in [0.1, 0.15) is 71.7 Å². The molecule has 0 saturated heterocycles. The van der Waals surface area contributed by atoms with E-state index in [1.54, 1.807) is 18.2 Å². The second-order valence-electron chi connectivity index (χ2n) is 9.24. The number of carbonyl (C=O) groups is 2. The van der Waals surface area contributed by atoms with Crippen molar-refractivity contribution in [3.05, 3.63) is 47.0 Å². The number of hydrogen-bond donors (Lipinski definition) is 0. The molecule has 2 fully saturated rings. The van der Waals surface area contributed by atoms with E-state index in [9.17, 15) is 18.0 Å². The van der Waals surface area contributed by atoms with Crippen LogP contribution in [0.4, 0.5) is 0 Å². The Hall–Kier alpha value is -2.25. The molecule has 0 N–H and O–H groups in total. The van der Waals surface area contributed by atoms with Crippen molar-refractivity contribution in [1.29, 1.82) is 0 Å². The zero-order chi connectivity index (χ0) is 21.8. The highest BCUT2D eigenvalue weighted by atomic mass is 32.2. The van der Waals surface area contributed by atoms with Gasteiger partial charge in [-0.15, -0.1) is 9.35 Å². The monoisotopic (exact) mass is 441 g/mol. The van der Waals surface area contributed by atoms with E-state index in [4.69, 9.17) is 4.28 Å². The van der Waals surface area contributed by atoms with Gasteiger partial charge in [-0.05, 0) is 72.9 Å². The number of hydrogen-bond acceptors (Lipinski definition) is 5. The molecular weight excluding hydrogens is 414 g/mol. The number of imide groups is 1. The van der Waals surface area contributed by atoms with Gasteiger partial charge < -0.3 is 0 Å². The van der Waals surface area contributed by atoms with Gasteiger partial charge in [-0.2, -0.15) is 8.42 Å². The first kappa shape index (κ1) is 20.6. The summed E-state index contributed by atoms with van der Waals surface area (Å²) in [7, 11) is -4.06. The van der Waals surface area contributed by atoms with Gasteiger partial charge >= 0.3 is 0 Å². The second kappa shape index (κ2) is 7.71. The minimum absolute atomic E-state index is 0.0515. The van der Waals surface area contributed by atoms with Gasteiger partial charge in [0.2, 0.25) is 0 Å². The van der Waals surface area contributed by atoms with E-state index in [2.05, 4.69) is 6.92 Å². The van der Waals surface area contributed by atoms with Gasteiger partial charge in [0.1, 0.15) is 0 Å². The average Bonchev–Trinajstić information content (AvgIpc) is 3.36. The lowest BCUT2D eigenvalue weighted by Gasteiger charge is -2.27. The largest absolute Gasteiger partial charge is 0.288 e. The third-order valence-corrected chi connectivity index (χ3v) is 8.46. The quantitative estimate of drug-likeness (QED) is 0.592. The number of carbonyl (C=O) groups excluding carboxylic acids is 2. The molecule has 2 aromatic rings. The van der Waals surface area contributed by atoms with Crippen LogP contribution in [-0.4, -0.2) is 31.0 Å². The normalized spacial score (nSPS) is 25.1. The van der Waals surface area contributed by atoms with Gasteiger partial charge in [-0.3, -0.25) is 9.59 Å². The van der Waals surface area contributed by atoms with E-state index in [1.807, 2.05) is 12.1 Å². The Morgan fingerprint density at radius 3 is 2.48 bits per heavy atom. The summed E-state index contributed by atoms with van der Waals surface area (Å²) in [6.45, 7) is 2.12. The van der Waals surface area contributed by atoms with Crippen molar-refractivity contribution in [3.63, 3.8) is 0 Å². The number of amides is 2. The molecule has 2 aromatic carbocycles. The third kappa shape index (κ3) is 3.57. The molecule has 5 rings (SSSR count). The van der Waals surface area contributed by atoms with Crippen LogP contribution < -0.4 is 0 Å². The zero-order valence-corrected chi connectivity index (χ0v) is 18.5. The summed E-state index contributed by atoms with van der Waals surface area (Å²) < 4.78 is 30.7. The van der Waals surface area contributed by atoms with Crippen molar-refractivity contribution in [1.82, 2.24) is 5.06 Å². The first-order valence-electron chi connectivity index (χ1n) is 11.2. The van der Waals surface area contributed by atoms with Gasteiger partial charge in [-0.25, -0.2) is 0 Å². The van der Waals surface area contributed by atoms with E-state index >= 15 is 0 Å². The van der Waals surface area contributed by atoms with Crippen LogP contribution in [0.3, 0.4) is 0 Å². The molecule has 0 spiro atoms. The molecule has 3 aliphatic rings. The van der Waals surface area contributed by atoms with Crippen LogP contribution >= 0.6 is 0 Å². The standard InChI is InChI=1S/C24H27NO5S/c1-2-3-5-16-10-11-21-22-19(16)6-4-7-20(22)23(26)25(24(21)27)30-31(28,29)14-18-13-15-8-9-17(18)12-15/h4,6-7,10-11,15,17-18H,2-3,5,8-9,12-14H2,1H3. The topological polar surface area (TPSA) is 80.8 Å². The second-order valence-corrected chi connectivity index (χ2v) is 10.8. The van der Waals surface area contributed by atoms with E-state index in [0.717, 1.165) is 49.5 Å². The summed E-state index contributed by atoms with van der Waals surface area (Å²) in [4.78, 5) is 26.2. The first-order chi connectivity index (χ1) is 14.9. The molecule has 0 radical (unpaired) electrons. The van der Waals surface area contributed by atoms with Crippen molar-refractivity contribution in [2.45, 2.75) is 51.9 Å². The minimum atomic E-state index is -4.06. The van der Waals surface area contributed by atoms with Crippen LogP contribution in [0.2, 0.25) is 0 Å². The Morgan fingerprint density at radius 2 is 1.81 bits per heavy atom. The minimum Gasteiger partial charge on any atom is -0.266 e. The van der Waals surface area contributed by atoms with Crippen molar-refractivity contribution in [2.75, 3.05) is 5.75 Å². The summed E-state index contributed by atoms with van der Waals surface area (Å²) in [6.07, 6.45) is 7.11. The molecule has 2 amide bonds. The highest BCUT2D eigenvalue weighted by Crippen LogP contribution is 2.48. The fourth-order valence-electron chi connectivity index (χ4n) is 5.77. The number of hydroxylamine groups is 2. The van der Waals surface area contributed by atoms with Crippen LogP contribution in [0.25, 0.3) is 10.8 Å². The van der Waals surface area contributed by atoms with Gasteiger partial charge in [-0.1, -0.05) is 38.0 Å². The average molecular weight is 442 g/mol. The van der Waals surface area contributed by atoms with Gasteiger partial charge in [0.05, 0.1) is 16.9 Å². The predicted octanol–water partition coefficient (Wildman–Crippen LogP) is 4.48. The number of rotatable bonds is 7. The molecule has 7 heteroatoms. The Balaban J connectivity index is 1.44. The van der Waals surface area contributed by atoms with Crippen molar-refractivity contribution in [2.24, 2.45) is 17.8 Å². The summed E-state index contributed by atoms with van der Waals surface area (Å²) in [6, 6.07) is 8.89. The number of fused-ring (bicyclic) bond motifs is 2. The molecule has 2 bridgehead atoms. The first-order valence-corrected chi connectivity index (χ1v) is 12.8. The lowest BCUT2D eigenvalue weighted by atomic mass is 9.90. The number of aryl methyl sites for hydroxylation is 1. The molecule has 164 valence electrons. The molecule has 1 heterocycles. The Kier molecular flexibility index (Phi) is 5.13. The van der Waals surface area contributed by atoms with Crippen LogP contribution in [0.5, 0.6) is 0 Å². The summed E-state index contributed by atoms with van der Waals surface area (Å²) in [5.41, 5.74) is 1.70. The van der Waals surface area contributed by atoms with E-state index in [-0.39, 0.29) is 11.7 Å². The SMILES string of the molecule is CCCCc1ccc2c3c(cccc13)C(=O)N(OS(=O)(=O)CC1CC3CCC1C3)C2=O. The zero-order valence-electron chi connectivity index (χ0n) is 17.7. The predicted molar refractivity (Wildman–Crippen MR) is 117 cm³/mol. The molecule has 31 heavy (non-hydrogen) atoms. The van der Waals surface area contributed by atoms with Gasteiger partial charge in [0.25, 0.3) is 21.9 Å². The highest BCUT2D eigenvalue weighted by Gasteiger charge is 2.43. The highest BCUT2D eigenvalue weighted by molar-refractivity contribution is 7.86. The molecule has 1 aliphatic heterocycles. The number of benzene rings is 2. The molecule has 2 aliphatic carbocycles. The number of nitrogens with zero attached hydrogens (tertiary/aromatic N) is 1. The molecule has 6 nitrogen and oxygen atoms in total. The molecular formula is C24H27NO5S. The summed E-state index contributed by atoms with van der Waals surface area (Å²) >= 11 is 0. The van der Waals surface area contributed by atoms with Crippen molar-refractivity contribution >= 4 is 32.7 Å². The van der Waals surface area contributed by atoms with Crippen LogP contribution in [0, 0.1) is 17.8 Å². The third-order valence-electron chi connectivity index (χ3n) is 7.25. The summed E-state index contributed by atoms with van der Waals surface area (Å²) in [5, 5.41) is 1.91. The lowest BCUT2D eigenvalue weighted by molar-refractivity contribution is -0.0158. The van der Waals surface area contributed by atoms with E-state index in [1.165, 1.54) is 6.42 Å². The summed E-state index contributed by atoms with van der Waals surface area (Å²) in [5.74, 6) is -0.504. The maximum atomic E-state index is 13.1. The molecule has 3 atom stereocenters. The Labute approximate surface area is 182 Å². The maximum Gasteiger partial charge on any atom is 0.288 e. The van der Waals surface area contributed by atoms with E-state index in [0.29, 0.717) is 33.4 Å². The van der Waals surface area contributed by atoms with Crippen LogP contribution in [-0.2, 0) is 20.8 Å². The smallest absolute Gasteiger partial charge is 0.266 e. The lowest BCUT2D eigenvalue weighted by Crippen LogP contribution is -2.42. The molecule has 2 saturated carbocycles. The van der Waals surface area contributed by atoms with Gasteiger partial charge in [0.15, 0.2) is 0 Å². The Bertz CT molecular complexity index is 1150. The number of unbranched alkanes of at least 4 members (excludes halogenated alkanes) is 1. The van der Waals surface area contributed by atoms with E-state index < -0.39 is 21.9 Å². The molecule has 0 aromatic heterocycles. The molecule has 3 unspecified atom stereocenters. The van der Waals surface area contributed by atoms with Crippen molar-refractivity contribution < 1.29 is 22.3 Å². The van der Waals surface area contributed by atoms with Crippen LogP contribution in [0.15, 0.2) is 30.3 Å². The maximum absolute atomic E-state index is 13.1. The fraction of sp³-hybridized carbons (Fsp3) is 0.500. The van der Waals surface area contributed by atoms with Crippen molar-refractivity contribution in [3.8, 4) is 0 Å². The van der Waals surface area contributed by atoms with Gasteiger partial charge in [0, 0.05) is 5.39 Å². The fourth-order valence-corrected chi connectivity index (χ4v) is 7.13. The Morgan fingerprint density at radius 1 is 1.03 bits per heavy atom.